The Morgan fingerprint density at radius 2 is 1.86 bits per heavy atom. The van der Waals surface area contributed by atoms with Crippen LogP contribution in [0.2, 0.25) is 0 Å². The van der Waals surface area contributed by atoms with Crippen molar-refractivity contribution in [3.63, 3.8) is 0 Å². The lowest BCUT2D eigenvalue weighted by Crippen LogP contribution is -2.40. The number of benzene rings is 2. The number of fused-ring (bicyclic) bond motifs is 1. The maximum atomic E-state index is 12.3. The number of aliphatic hydroxyl groups is 1. The van der Waals surface area contributed by atoms with Gasteiger partial charge in [0.1, 0.15) is 18.5 Å². The van der Waals surface area contributed by atoms with Crippen LogP contribution in [-0.4, -0.2) is 36.8 Å². The van der Waals surface area contributed by atoms with Gasteiger partial charge < -0.3 is 15.2 Å². The lowest BCUT2D eigenvalue weighted by Gasteiger charge is -2.17. The number of aliphatic hydroxyl groups excluding tert-OH is 1. The molecule has 0 saturated heterocycles. The summed E-state index contributed by atoms with van der Waals surface area (Å²) in [6.45, 7) is 1.50. The molecule has 2 aromatic rings. The van der Waals surface area contributed by atoms with E-state index in [0.29, 0.717) is 5.75 Å². The van der Waals surface area contributed by atoms with Gasteiger partial charge in [0.25, 0.3) is 6.43 Å². The van der Waals surface area contributed by atoms with Gasteiger partial charge in [-0.15, -0.1) is 0 Å². The van der Waals surface area contributed by atoms with Crippen LogP contribution in [0.25, 0.3) is 10.8 Å². The van der Waals surface area contributed by atoms with Crippen LogP contribution < -0.4 is 10.1 Å². The van der Waals surface area contributed by atoms with Crippen LogP contribution in [0.15, 0.2) is 42.5 Å². The summed E-state index contributed by atoms with van der Waals surface area (Å²) in [5.41, 5.74) is 0. The topological polar surface area (TPSA) is 41.5 Å². The molecule has 0 aliphatic heterocycles. The van der Waals surface area contributed by atoms with Gasteiger partial charge in [-0.3, -0.25) is 0 Å². The van der Waals surface area contributed by atoms with Gasteiger partial charge in [0.2, 0.25) is 0 Å². The number of alkyl halides is 2. The second-order valence-corrected chi connectivity index (χ2v) is 4.97. The summed E-state index contributed by atoms with van der Waals surface area (Å²) in [7, 11) is 0. The van der Waals surface area contributed by atoms with Gasteiger partial charge >= 0.3 is 0 Å². The van der Waals surface area contributed by atoms with Gasteiger partial charge in [-0.25, -0.2) is 8.78 Å². The second kappa shape index (κ2) is 7.33. The Morgan fingerprint density at radius 3 is 2.62 bits per heavy atom. The molecule has 0 aliphatic rings. The smallest absolute Gasteiger partial charge is 0.253 e. The Labute approximate surface area is 122 Å². The highest BCUT2D eigenvalue weighted by atomic mass is 19.3. The van der Waals surface area contributed by atoms with E-state index in [9.17, 15) is 13.9 Å². The Kier molecular flexibility index (Phi) is 5.47. The molecule has 2 aromatic carbocycles. The van der Waals surface area contributed by atoms with Crippen LogP contribution in [0.3, 0.4) is 0 Å². The largest absolute Gasteiger partial charge is 0.490 e. The fourth-order valence-electron chi connectivity index (χ4n) is 1.98. The van der Waals surface area contributed by atoms with Crippen molar-refractivity contribution >= 4 is 10.8 Å². The number of ether oxygens (including phenoxy) is 1. The lowest BCUT2D eigenvalue weighted by atomic mass is 10.1. The molecule has 5 heteroatoms. The van der Waals surface area contributed by atoms with Gasteiger partial charge in [0, 0.05) is 11.9 Å². The van der Waals surface area contributed by atoms with Crippen molar-refractivity contribution in [3.8, 4) is 5.75 Å². The van der Waals surface area contributed by atoms with Crippen LogP contribution in [0, 0.1) is 0 Å². The van der Waals surface area contributed by atoms with Crippen LogP contribution in [0.1, 0.15) is 6.92 Å². The first kappa shape index (κ1) is 15.7. The van der Waals surface area contributed by atoms with Gasteiger partial charge in [-0.05, 0) is 18.4 Å². The molecule has 0 amide bonds. The molecule has 1 unspecified atom stereocenters. The van der Waals surface area contributed by atoms with Gasteiger partial charge in [-0.1, -0.05) is 36.4 Å². The first-order valence-electron chi connectivity index (χ1n) is 6.88. The maximum Gasteiger partial charge on any atom is 0.253 e. The predicted molar refractivity (Wildman–Crippen MR) is 78.9 cm³/mol. The summed E-state index contributed by atoms with van der Waals surface area (Å²) in [6, 6.07) is 12.5. The summed E-state index contributed by atoms with van der Waals surface area (Å²) in [5, 5.41) is 14.4. The molecule has 0 radical (unpaired) electrons. The van der Waals surface area contributed by atoms with E-state index in [1.165, 1.54) is 6.92 Å². The van der Waals surface area contributed by atoms with E-state index in [-0.39, 0.29) is 13.2 Å². The molecule has 0 saturated carbocycles. The van der Waals surface area contributed by atoms with E-state index in [1.54, 1.807) is 0 Å². The molecule has 114 valence electrons. The third kappa shape index (κ3) is 4.37. The fourth-order valence-corrected chi connectivity index (χ4v) is 1.98. The SMILES string of the molecule is CC(NC[C@H](O)COc1cccc2ccccc12)C(F)F. The molecule has 0 aliphatic carbocycles. The molecule has 0 aromatic heterocycles. The normalized spacial score (nSPS) is 14.3. The molecular formula is C16H19F2NO2. The Morgan fingerprint density at radius 1 is 1.14 bits per heavy atom. The van der Waals surface area contributed by atoms with Crippen LogP contribution >= 0.6 is 0 Å². The zero-order chi connectivity index (χ0) is 15.2. The van der Waals surface area contributed by atoms with Gasteiger partial charge in [0.15, 0.2) is 0 Å². The van der Waals surface area contributed by atoms with E-state index in [0.717, 1.165) is 10.8 Å². The quantitative estimate of drug-likeness (QED) is 0.825. The number of hydrogen-bond acceptors (Lipinski definition) is 3. The first-order valence-corrected chi connectivity index (χ1v) is 6.88. The van der Waals surface area contributed by atoms with E-state index < -0.39 is 18.6 Å². The van der Waals surface area contributed by atoms with Crippen LogP contribution in [-0.2, 0) is 0 Å². The van der Waals surface area contributed by atoms with Gasteiger partial charge in [-0.2, -0.15) is 0 Å². The summed E-state index contributed by atoms with van der Waals surface area (Å²) < 4.78 is 30.3. The summed E-state index contributed by atoms with van der Waals surface area (Å²) >= 11 is 0. The summed E-state index contributed by atoms with van der Waals surface area (Å²) in [6.07, 6.45) is -3.29. The third-order valence-corrected chi connectivity index (χ3v) is 3.23. The minimum Gasteiger partial charge on any atom is -0.490 e. The van der Waals surface area contributed by atoms with E-state index in [1.807, 2.05) is 42.5 Å². The average molecular weight is 295 g/mol. The number of rotatable bonds is 7. The zero-order valence-electron chi connectivity index (χ0n) is 11.8. The predicted octanol–water partition coefficient (Wildman–Crippen LogP) is 2.82. The highest BCUT2D eigenvalue weighted by molar-refractivity contribution is 5.88. The van der Waals surface area contributed by atoms with Crippen molar-refractivity contribution in [3.05, 3.63) is 42.5 Å². The van der Waals surface area contributed by atoms with E-state index in [2.05, 4.69) is 5.32 Å². The minimum atomic E-state index is -2.45. The number of halogens is 2. The molecule has 3 nitrogen and oxygen atoms in total. The fraction of sp³-hybridized carbons (Fsp3) is 0.375. The van der Waals surface area contributed by atoms with Crippen molar-refractivity contribution in [2.24, 2.45) is 0 Å². The summed E-state index contributed by atoms with van der Waals surface area (Å²) in [4.78, 5) is 0. The van der Waals surface area contributed by atoms with Gasteiger partial charge in [0.05, 0.1) is 6.04 Å². The molecule has 0 heterocycles. The number of nitrogens with one attached hydrogen (secondary N) is 1. The Bertz CT molecular complexity index is 572. The molecular weight excluding hydrogens is 276 g/mol. The lowest BCUT2D eigenvalue weighted by molar-refractivity contribution is 0.0766. The van der Waals surface area contributed by atoms with Crippen LogP contribution in [0.5, 0.6) is 5.75 Å². The first-order chi connectivity index (χ1) is 10.1. The molecule has 0 spiro atoms. The Hall–Kier alpha value is -1.72. The molecule has 2 rings (SSSR count). The molecule has 2 N–H and O–H groups in total. The maximum absolute atomic E-state index is 12.3. The Balaban J connectivity index is 1.90. The molecule has 0 bridgehead atoms. The van der Waals surface area contributed by atoms with Crippen molar-refractivity contribution in [1.82, 2.24) is 5.32 Å². The highest BCUT2D eigenvalue weighted by Crippen LogP contribution is 2.25. The van der Waals surface area contributed by atoms with Crippen molar-refractivity contribution in [2.45, 2.75) is 25.5 Å². The van der Waals surface area contributed by atoms with Crippen molar-refractivity contribution in [2.75, 3.05) is 13.2 Å². The standard InChI is InChI=1S/C16H19F2NO2/c1-11(16(17)18)19-9-13(20)10-21-15-8-4-6-12-5-2-3-7-14(12)15/h2-8,11,13,16,19-20H,9-10H2,1H3/t11?,13-/m0/s1. The summed E-state index contributed by atoms with van der Waals surface area (Å²) in [5.74, 6) is 0.675. The second-order valence-electron chi connectivity index (χ2n) is 4.97. The van der Waals surface area contributed by atoms with Crippen molar-refractivity contribution in [1.29, 1.82) is 0 Å². The van der Waals surface area contributed by atoms with E-state index in [4.69, 9.17) is 4.74 Å². The zero-order valence-corrected chi connectivity index (χ0v) is 11.8. The minimum absolute atomic E-state index is 0.0525. The highest BCUT2D eigenvalue weighted by Gasteiger charge is 2.15. The average Bonchev–Trinajstić information content (AvgIpc) is 2.50. The number of hydrogen-bond donors (Lipinski definition) is 2. The van der Waals surface area contributed by atoms with Crippen LogP contribution in [0.4, 0.5) is 8.78 Å². The monoisotopic (exact) mass is 295 g/mol. The molecule has 0 fully saturated rings. The van der Waals surface area contributed by atoms with E-state index >= 15 is 0 Å². The third-order valence-electron chi connectivity index (χ3n) is 3.23. The van der Waals surface area contributed by atoms with Crippen molar-refractivity contribution < 1.29 is 18.6 Å². The molecule has 21 heavy (non-hydrogen) atoms. The molecule has 2 atom stereocenters.